The Balaban J connectivity index is 1.57. The Morgan fingerprint density at radius 3 is 2.50 bits per heavy atom. The average Bonchev–Trinajstić information content (AvgIpc) is 3.30. The fourth-order valence-electron chi connectivity index (χ4n) is 3.17. The maximum atomic E-state index is 5.94. The smallest absolute Gasteiger partial charge is 0.247 e. The van der Waals surface area contributed by atoms with Crippen LogP contribution in [0.15, 0.2) is 64.4 Å². The van der Waals surface area contributed by atoms with Crippen LogP contribution in [0.5, 0.6) is 0 Å². The molecule has 0 aliphatic heterocycles. The van der Waals surface area contributed by atoms with Gasteiger partial charge in [0, 0.05) is 23.6 Å². The molecular weight excluding hydrogens is 368 g/mol. The van der Waals surface area contributed by atoms with Gasteiger partial charge in [-0.3, -0.25) is 4.57 Å². The zero-order chi connectivity index (χ0) is 19.7. The zero-order valence-electron chi connectivity index (χ0n) is 16.4. The molecule has 0 amide bonds. The molecule has 28 heavy (non-hydrogen) atoms. The molecule has 1 unspecified atom stereocenters. The van der Waals surface area contributed by atoms with Crippen LogP contribution >= 0.6 is 11.8 Å². The first-order chi connectivity index (χ1) is 13.5. The van der Waals surface area contributed by atoms with Crippen molar-refractivity contribution < 1.29 is 4.42 Å². The lowest BCUT2D eigenvalue weighted by atomic mass is 10.1. The molecule has 0 aliphatic rings. The molecule has 0 aliphatic carbocycles. The van der Waals surface area contributed by atoms with Gasteiger partial charge < -0.3 is 4.42 Å². The number of aromatic nitrogens is 4. The number of imidazole rings is 1. The third-order valence-corrected chi connectivity index (χ3v) is 5.50. The highest BCUT2D eigenvalue weighted by atomic mass is 32.2. The lowest BCUT2D eigenvalue weighted by Gasteiger charge is -2.11. The number of benzene rings is 2. The van der Waals surface area contributed by atoms with Gasteiger partial charge >= 0.3 is 0 Å². The quantitative estimate of drug-likeness (QED) is 0.409. The lowest BCUT2D eigenvalue weighted by molar-refractivity contribution is 0.509. The van der Waals surface area contributed by atoms with Crippen molar-refractivity contribution in [3.8, 4) is 17.1 Å². The van der Waals surface area contributed by atoms with E-state index >= 15 is 0 Å². The number of hydrogen-bond donors (Lipinski definition) is 0. The highest BCUT2D eigenvalue weighted by molar-refractivity contribution is 7.99. The summed E-state index contributed by atoms with van der Waals surface area (Å²) in [4.78, 5) is 4.53. The molecule has 2 heterocycles. The first-order valence-electron chi connectivity index (χ1n) is 9.19. The Morgan fingerprint density at radius 1 is 0.964 bits per heavy atom. The molecule has 1 atom stereocenters. The third kappa shape index (κ3) is 3.87. The second kappa shape index (κ2) is 7.64. The summed E-state index contributed by atoms with van der Waals surface area (Å²) in [7, 11) is 0. The Labute approximate surface area is 168 Å². The largest absolute Gasteiger partial charge is 0.419 e. The van der Waals surface area contributed by atoms with Crippen LogP contribution in [0.25, 0.3) is 17.1 Å². The van der Waals surface area contributed by atoms with Gasteiger partial charge in [0.15, 0.2) is 5.16 Å². The van der Waals surface area contributed by atoms with E-state index in [2.05, 4.69) is 58.7 Å². The van der Waals surface area contributed by atoms with Crippen LogP contribution in [0.3, 0.4) is 0 Å². The van der Waals surface area contributed by atoms with Gasteiger partial charge in [0.05, 0.1) is 5.25 Å². The van der Waals surface area contributed by atoms with Crippen molar-refractivity contribution in [3.63, 3.8) is 0 Å². The lowest BCUT2D eigenvalue weighted by Crippen LogP contribution is -1.98. The first kappa shape index (κ1) is 18.5. The number of nitrogens with zero attached hydrogens (tertiary/aromatic N) is 4. The monoisotopic (exact) mass is 390 g/mol. The molecular formula is C22H22N4OS. The van der Waals surface area contributed by atoms with Gasteiger partial charge in [-0.05, 0) is 63.1 Å². The second-order valence-electron chi connectivity index (χ2n) is 7.00. The normalized spacial score (nSPS) is 12.3. The van der Waals surface area contributed by atoms with E-state index in [0.717, 1.165) is 22.0 Å². The minimum atomic E-state index is -0.0156. The molecule has 5 nitrogen and oxygen atoms in total. The fraction of sp³-hybridized carbons (Fsp3) is 0.227. The molecule has 2 aromatic carbocycles. The Morgan fingerprint density at radius 2 is 1.75 bits per heavy atom. The van der Waals surface area contributed by atoms with E-state index in [1.54, 1.807) is 11.8 Å². The van der Waals surface area contributed by atoms with Crippen molar-refractivity contribution in [2.75, 3.05) is 0 Å². The van der Waals surface area contributed by atoms with Crippen molar-refractivity contribution in [2.24, 2.45) is 0 Å². The molecule has 0 N–H and O–H groups in total. The predicted octanol–water partition coefficient (Wildman–Crippen LogP) is 5.70. The van der Waals surface area contributed by atoms with Gasteiger partial charge in [-0.1, -0.05) is 35.5 Å². The van der Waals surface area contributed by atoms with E-state index in [9.17, 15) is 0 Å². The summed E-state index contributed by atoms with van der Waals surface area (Å²) in [6, 6.07) is 14.6. The van der Waals surface area contributed by atoms with Crippen LogP contribution in [-0.4, -0.2) is 19.7 Å². The molecule has 4 rings (SSSR count). The van der Waals surface area contributed by atoms with Crippen molar-refractivity contribution in [2.45, 2.75) is 38.1 Å². The van der Waals surface area contributed by atoms with E-state index in [1.807, 2.05) is 43.6 Å². The van der Waals surface area contributed by atoms with Crippen LogP contribution in [0.2, 0.25) is 0 Å². The predicted molar refractivity (Wildman–Crippen MR) is 112 cm³/mol. The van der Waals surface area contributed by atoms with E-state index < -0.39 is 0 Å². The van der Waals surface area contributed by atoms with Gasteiger partial charge in [-0.15, -0.1) is 10.2 Å². The van der Waals surface area contributed by atoms with Gasteiger partial charge in [0.25, 0.3) is 0 Å². The third-order valence-electron chi connectivity index (χ3n) is 4.43. The highest BCUT2D eigenvalue weighted by Gasteiger charge is 2.19. The maximum Gasteiger partial charge on any atom is 0.247 e. The van der Waals surface area contributed by atoms with Crippen LogP contribution < -0.4 is 0 Å². The van der Waals surface area contributed by atoms with Crippen LogP contribution in [-0.2, 0) is 0 Å². The Bertz CT molecular complexity index is 1090. The molecule has 0 radical (unpaired) electrons. The summed E-state index contributed by atoms with van der Waals surface area (Å²) in [5, 5.41) is 9.36. The van der Waals surface area contributed by atoms with Crippen molar-refractivity contribution in [1.82, 2.24) is 19.7 Å². The van der Waals surface area contributed by atoms with Crippen molar-refractivity contribution in [1.29, 1.82) is 0 Å². The number of thioether (sulfide) groups is 1. The van der Waals surface area contributed by atoms with E-state index in [0.29, 0.717) is 11.8 Å². The molecule has 0 bridgehead atoms. The standard InChI is InChI=1S/C22H22N4OS/c1-14-6-5-7-18(11-14)21-25-24-20(27-21)17(4)28-22-23-8-9-26(22)19-12-15(2)10-16(3)13-19/h5-13,17H,1-4H3. The molecule has 4 aromatic rings. The molecule has 0 spiro atoms. The summed E-state index contributed by atoms with van der Waals surface area (Å²) in [6.45, 7) is 8.31. The second-order valence-corrected chi connectivity index (χ2v) is 8.31. The van der Waals surface area contributed by atoms with Gasteiger partial charge in [0.1, 0.15) is 0 Å². The molecule has 2 aromatic heterocycles. The van der Waals surface area contributed by atoms with Gasteiger partial charge in [-0.2, -0.15) is 0 Å². The minimum Gasteiger partial charge on any atom is -0.419 e. The topological polar surface area (TPSA) is 56.7 Å². The van der Waals surface area contributed by atoms with Crippen molar-refractivity contribution >= 4 is 11.8 Å². The Kier molecular flexibility index (Phi) is 5.05. The van der Waals surface area contributed by atoms with E-state index in [1.165, 1.54) is 11.1 Å². The molecule has 0 fully saturated rings. The van der Waals surface area contributed by atoms with Crippen LogP contribution in [0.1, 0.15) is 34.8 Å². The first-order valence-corrected chi connectivity index (χ1v) is 10.1. The molecule has 6 heteroatoms. The number of aryl methyl sites for hydroxylation is 3. The summed E-state index contributed by atoms with van der Waals surface area (Å²) in [6.07, 6.45) is 3.80. The van der Waals surface area contributed by atoms with Crippen LogP contribution in [0.4, 0.5) is 0 Å². The zero-order valence-corrected chi connectivity index (χ0v) is 17.2. The van der Waals surface area contributed by atoms with Crippen LogP contribution in [0, 0.1) is 20.8 Å². The van der Waals surface area contributed by atoms with Gasteiger partial charge in [-0.25, -0.2) is 4.98 Å². The maximum absolute atomic E-state index is 5.94. The summed E-state index contributed by atoms with van der Waals surface area (Å²) in [5.74, 6) is 1.14. The Hall–Kier alpha value is -2.86. The highest BCUT2D eigenvalue weighted by Crippen LogP contribution is 2.35. The average molecular weight is 391 g/mol. The minimum absolute atomic E-state index is 0.0156. The summed E-state index contributed by atoms with van der Waals surface area (Å²) in [5.41, 5.74) is 5.67. The molecule has 0 saturated heterocycles. The fourth-order valence-corrected chi connectivity index (χ4v) is 4.08. The molecule has 0 saturated carbocycles. The molecule has 142 valence electrons. The summed E-state index contributed by atoms with van der Waals surface area (Å²) < 4.78 is 8.04. The van der Waals surface area contributed by atoms with Crippen molar-refractivity contribution in [3.05, 3.63) is 77.4 Å². The van der Waals surface area contributed by atoms with Gasteiger partial charge in [0.2, 0.25) is 11.8 Å². The summed E-state index contributed by atoms with van der Waals surface area (Å²) >= 11 is 1.60. The van der Waals surface area contributed by atoms with E-state index in [4.69, 9.17) is 4.42 Å². The number of hydrogen-bond acceptors (Lipinski definition) is 5. The van der Waals surface area contributed by atoms with E-state index in [-0.39, 0.29) is 5.25 Å². The number of rotatable bonds is 5. The SMILES string of the molecule is Cc1cccc(-c2nnc(C(C)Sc3nccn3-c3cc(C)cc(C)c3)o2)c1.